The Kier molecular flexibility index (Phi) is 6.54. The van der Waals surface area contributed by atoms with Gasteiger partial charge in [0.15, 0.2) is 11.8 Å². The molecule has 2 aromatic carbocycles. The minimum Gasteiger partial charge on any atom is -0.494 e. The normalized spacial score (nSPS) is 11.8. The topological polar surface area (TPSA) is 111 Å². The highest BCUT2D eigenvalue weighted by Gasteiger charge is 2.19. The molecule has 0 saturated heterocycles. The lowest BCUT2D eigenvalue weighted by Crippen LogP contribution is -2.18. The summed E-state index contributed by atoms with van der Waals surface area (Å²) in [5.74, 6) is 0.545. The highest BCUT2D eigenvalue weighted by atomic mass is 16.6. The van der Waals surface area contributed by atoms with Gasteiger partial charge in [0.2, 0.25) is 0 Å². The molecule has 0 unspecified atom stereocenters. The van der Waals surface area contributed by atoms with Crippen molar-refractivity contribution in [3.63, 3.8) is 0 Å². The fourth-order valence-corrected chi connectivity index (χ4v) is 3.70. The molecule has 0 bridgehead atoms. The summed E-state index contributed by atoms with van der Waals surface area (Å²) in [4.78, 5) is 14.7. The Hall–Kier alpha value is -4.33. The Morgan fingerprint density at radius 3 is 2.39 bits per heavy atom. The number of ether oxygens (including phenoxy) is 1. The van der Waals surface area contributed by atoms with Crippen molar-refractivity contribution >= 4 is 5.69 Å². The minimum atomic E-state index is -0.418. The van der Waals surface area contributed by atoms with Gasteiger partial charge in [-0.1, -0.05) is 30.3 Å². The Labute approximate surface area is 190 Å². The number of non-ortho nitro benzene ring substituents is 1. The molecule has 8 nitrogen and oxygen atoms in total. The van der Waals surface area contributed by atoms with E-state index in [2.05, 4.69) is 4.98 Å². The predicted octanol–water partition coefficient (Wildman–Crippen LogP) is 5.12. The monoisotopic (exact) mass is 445 g/mol. The molecule has 0 amide bonds. The maximum atomic E-state index is 11.0. The number of aromatic nitrogens is 2. The third kappa shape index (κ3) is 5.30. The molecule has 0 aliphatic heterocycles. The lowest BCUT2D eigenvalue weighted by Gasteiger charge is -2.21. The van der Waals surface area contributed by atoms with Gasteiger partial charge in [-0.15, -0.1) is 0 Å². The summed E-state index contributed by atoms with van der Waals surface area (Å²) >= 11 is 0. The molecule has 0 aliphatic carbocycles. The molecule has 2 aromatic heterocycles. The van der Waals surface area contributed by atoms with Crippen LogP contribution in [0.5, 0.6) is 17.5 Å². The van der Waals surface area contributed by atoms with Gasteiger partial charge < -0.3 is 14.9 Å². The molecule has 0 spiro atoms. The minimum absolute atomic E-state index is 0.0340. The zero-order valence-electron chi connectivity index (χ0n) is 17.7. The zero-order valence-corrected chi connectivity index (χ0v) is 17.7. The molecule has 33 heavy (non-hydrogen) atoms. The van der Waals surface area contributed by atoms with Crippen molar-refractivity contribution in [1.29, 1.82) is 0 Å². The van der Waals surface area contributed by atoms with Crippen LogP contribution in [0.2, 0.25) is 0 Å². The first-order valence-corrected chi connectivity index (χ1v) is 10.5. The van der Waals surface area contributed by atoms with Crippen LogP contribution in [-0.4, -0.2) is 31.3 Å². The van der Waals surface area contributed by atoms with Crippen molar-refractivity contribution in [1.82, 2.24) is 9.55 Å². The number of nitro groups is 1. The van der Waals surface area contributed by atoms with Crippen LogP contribution in [0, 0.1) is 10.1 Å². The number of benzene rings is 2. The van der Waals surface area contributed by atoms with E-state index in [0.29, 0.717) is 18.6 Å². The molecule has 0 saturated carbocycles. The summed E-state index contributed by atoms with van der Waals surface area (Å²) in [6.45, 7) is 0.228. The van der Waals surface area contributed by atoms with Gasteiger partial charge in [0.05, 0.1) is 11.0 Å². The Balaban J connectivity index is 1.47. The molecule has 0 radical (unpaired) electrons. The first-order chi connectivity index (χ1) is 16.0. The summed E-state index contributed by atoms with van der Waals surface area (Å²) in [5.41, 5.74) is 2.66. The summed E-state index contributed by atoms with van der Waals surface area (Å²) in [7, 11) is 0. The predicted molar refractivity (Wildman–Crippen MR) is 123 cm³/mol. The second-order valence-electron chi connectivity index (χ2n) is 7.62. The van der Waals surface area contributed by atoms with E-state index in [1.807, 2.05) is 30.3 Å². The van der Waals surface area contributed by atoms with Crippen LogP contribution >= 0.6 is 0 Å². The van der Waals surface area contributed by atoms with Gasteiger partial charge in [0.25, 0.3) is 5.69 Å². The van der Waals surface area contributed by atoms with Gasteiger partial charge in [0.1, 0.15) is 12.4 Å². The molecular formula is C25H23N3O5. The van der Waals surface area contributed by atoms with Gasteiger partial charge in [-0.3, -0.25) is 19.7 Å². The number of aromatic hydroxyl groups is 2. The highest BCUT2D eigenvalue weighted by Crippen LogP contribution is 2.31. The van der Waals surface area contributed by atoms with Crippen LogP contribution < -0.4 is 4.74 Å². The standard InChI is InChI=1S/C25H23N3O5/c29-24-12-13-25(30)27(24)22(9-6-18-3-2-14-26-16-18)17-33-23-10-7-19(8-11-23)20-4-1-5-21(15-20)28(31)32/h1-5,7-8,10-16,22,29-30H,6,9,17H2/t22-/m1/s1. The van der Waals surface area contributed by atoms with Gasteiger partial charge in [-0.25, -0.2) is 0 Å². The van der Waals surface area contributed by atoms with Gasteiger partial charge in [-0.05, 0) is 47.7 Å². The first kappa shape index (κ1) is 21.9. The molecule has 1 atom stereocenters. The fraction of sp³-hybridized carbons (Fsp3) is 0.160. The van der Waals surface area contributed by atoms with Gasteiger partial charge in [0, 0.05) is 36.7 Å². The fourth-order valence-electron chi connectivity index (χ4n) is 3.70. The molecule has 0 fully saturated rings. The quantitative estimate of drug-likeness (QED) is 0.273. The van der Waals surface area contributed by atoms with Crippen molar-refractivity contribution in [3.8, 4) is 28.6 Å². The average Bonchev–Trinajstić information content (AvgIpc) is 3.18. The zero-order chi connectivity index (χ0) is 23.2. The molecule has 4 aromatic rings. The van der Waals surface area contributed by atoms with E-state index in [4.69, 9.17) is 4.74 Å². The number of rotatable bonds is 9. The van der Waals surface area contributed by atoms with Crippen molar-refractivity contribution in [3.05, 3.63) is 101 Å². The van der Waals surface area contributed by atoms with Crippen molar-refractivity contribution in [2.75, 3.05) is 6.61 Å². The number of nitro benzene ring substituents is 1. The summed E-state index contributed by atoms with van der Waals surface area (Å²) in [5, 5.41) is 31.4. The molecular weight excluding hydrogens is 422 g/mol. The smallest absolute Gasteiger partial charge is 0.270 e. The van der Waals surface area contributed by atoms with Gasteiger partial charge in [-0.2, -0.15) is 0 Å². The lowest BCUT2D eigenvalue weighted by atomic mass is 10.1. The molecule has 168 valence electrons. The SMILES string of the molecule is O=[N+]([O-])c1cccc(-c2ccc(OC[C@@H](CCc3cccnc3)n3c(O)ccc3O)cc2)c1. The Bertz CT molecular complexity index is 1200. The summed E-state index contributed by atoms with van der Waals surface area (Å²) in [6, 6.07) is 20.1. The third-order valence-corrected chi connectivity index (χ3v) is 5.42. The van der Waals surface area contributed by atoms with Crippen LogP contribution in [-0.2, 0) is 6.42 Å². The van der Waals surface area contributed by atoms with Crippen LogP contribution in [0.4, 0.5) is 5.69 Å². The maximum Gasteiger partial charge on any atom is 0.270 e. The van der Waals surface area contributed by atoms with Crippen LogP contribution in [0.1, 0.15) is 18.0 Å². The van der Waals surface area contributed by atoms with Gasteiger partial charge >= 0.3 is 0 Å². The number of pyridine rings is 1. The molecule has 2 heterocycles. The summed E-state index contributed by atoms with van der Waals surface area (Å²) < 4.78 is 7.43. The van der Waals surface area contributed by atoms with Crippen molar-refractivity contribution < 1.29 is 19.9 Å². The molecule has 8 heteroatoms. The molecule has 4 rings (SSSR count). The van der Waals surface area contributed by atoms with Crippen molar-refractivity contribution in [2.45, 2.75) is 18.9 Å². The number of hydrogen-bond donors (Lipinski definition) is 2. The van der Waals surface area contributed by atoms with E-state index in [0.717, 1.165) is 16.7 Å². The van der Waals surface area contributed by atoms with Crippen molar-refractivity contribution in [2.24, 2.45) is 0 Å². The lowest BCUT2D eigenvalue weighted by molar-refractivity contribution is -0.384. The Morgan fingerprint density at radius 2 is 1.73 bits per heavy atom. The van der Waals surface area contributed by atoms with E-state index in [1.165, 1.54) is 28.8 Å². The highest BCUT2D eigenvalue weighted by molar-refractivity contribution is 5.66. The Morgan fingerprint density at radius 1 is 0.970 bits per heavy atom. The molecule has 0 aliphatic rings. The van der Waals surface area contributed by atoms with Crippen LogP contribution in [0.25, 0.3) is 11.1 Å². The van der Waals surface area contributed by atoms with E-state index in [9.17, 15) is 20.3 Å². The average molecular weight is 445 g/mol. The van der Waals surface area contributed by atoms with Crippen LogP contribution in [0.15, 0.2) is 85.2 Å². The summed E-state index contributed by atoms with van der Waals surface area (Å²) in [6.07, 6.45) is 4.82. The number of hydrogen-bond acceptors (Lipinski definition) is 6. The van der Waals surface area contributed by atoms with E-state index < -0.39 is 4.92 Å². The third-order valence-electron chi connectivity index (χ3n) is 5.42. The second-order valence-corrected chi connectivity index (χ2v) is 7.62. The second kappa shape index (κ2) is 9.86. The van der Waals surface area contributed by atoms with E-state index in [1.54, 1.807) is 30.6 Å². The first-order valence-electron chi connectivity index (χ1n) is 10.5. The number of nitrogens with zero attached hydrogens (tertiary/aromatic N) is 3. The molecule has 2 N–H and O–H groups in total. The van der Waals surface area contributed by atoms with E-state index >= 15 is 0 Å². The van der Waals surface area contributed by atoms with Crippen LogP contribution in [0.3, 0.4) is 0 Å². The number of aryl methyl sites for hydroxylation is 1. The maximum absolute atomic E-state index is 11.0. The largest absolute Gasteiger partial charge is 0.494 e. The van der Waals surface area contributed by atoms with E-state index in [-0.39, 0.29) is 30.1 Å².